The molecule has 12 rings (SSSR count). The summed E-state index contributed by atoms with van der Waals surface area (Å²) in [4.78, 5) is 2.59. The van der Waals surface area contributed by atoms with Crippen molar-refractivity contribution in [3.8, 4) is 22.6 Å². The summed E-state index contributed by atoms with van der Waals surface area (Å²) in [5.74, 6) is 5.21. The summed E-state index contributed by atoms with van der Waals surface area (Å²) < 4.78 is 6.86. The minimum absolute atomic E-state index is 0.0130. The summed E-state index contributed by atoms with van der Waals surface area (Å²) in [5.41, 5.74) is 12.3. The van der Waals surface area contributed by atoms with E-state index in [9.17, 15) is 0 Å². The fourth-order valence-corrected chi connectivity index (χ4v) is 12.4. The van der Waals surface area contributed by atoms with E-state index in [1.807, 2.05) is 0 Å². The SMILES string of the molecule is CC1(C)CCC(C)(C)c2c(N(c3ccc(-c4cccc5ccccc45)cc3)c3ccc4c(c3)C3(c5ccccc5O4)C4CC5CC(C4)C3C5)cccc21. The normalized spacial score (nSPS) is 26.6. The van der Waals surface area contributed by atoms with Crippen LogP contribution in [-0.2, 0) is 16.2 Å². The Kier molecular flexibility index (Phi) is 6.64. The van der Waals surface area contributed by atoms with Crippen LogP contribution >= 0.6 is 0 Å². The Morgan fingerprint density at radius 1 is 0.585 bits per heavy atom. The zero-order valence-electron chi connectivity index (χ0n) is 31.5. The summed E-state index contributed by atoms with van der Waals surface area (Å²) in [5, 5.41) is 2.57. The third-order valence-electron chi connectivity index (χ3n) is 14.7. The van der Waals surface area contributed by atoms with E-state index in [1.165, 1.54) is 99.7 Å². The molecular formula is C51H49NO. The van der Waals surface area contributed by atoms with Crippen LogP contribution in [-0.4, -0.2) is 0 Å². The predicted molar refractivity (Wildman–Crippen MR) is 219 cm³/mol. The molecule has 5 atom stereocenters. The molecule has 5 unspecified atom stereocenters. The molecule has 53 heavy (non-hydrogen) atoms. The van der Waals surface area contributed by atoms with E-state index in [1.54, 1.807) is 0 Å². The van der Waals surface area contributed by atoms with Gasteiger partial charge in [-0.2, -0.15) is 0 Å². The maximum atomic E-state index is 6.86. The first-order valence-electron chi connectivity index (χ1n) is 20.2. The number of para-hydroxylation sites is 1. The number of benzene rings is 6. The van der Waals surface area contributed by atoms with Crippen LogP contribution in [0.15, 0.2) is 127 Å². The molecule has 6 aromatic carbocycles. The molecule has 2 heteroatoms. The van der Waals surface area contributed by atoms with Gasteiger partial charge in [0.15, 0.2) is 0 Å². The predicted octanol–water partition coefficient (Wildman–Crippen LogP) is 13.8. The Morgan fingerprint density at radius 2 is 1.30 bits per heavy atom. The molecule has 0 aromatic heterocycles. The molecule has 0 amide bonds. The number of rotatable bonds is 4. The second-order valence-corrected chi connectivity index (χ2v) is 18.4. The second kappa shape index (κ2) is 11.1. The van der Waals surface area contributed by atoms with Gasteiger partial charge in [0.2, 0.25) is 0 Å². The second-order valence-electron chi connectivity index (χ2n) is 18.4. The lowest BCUT2D eigenvalue weighted by Gasteiger charge is -2.49. The zero-order chi connectivity index (χ0) is 35.7. The smallest absolute Gasteiger partial charge is 0.131 e. The number of hydrogen-bond donors (Lipinski definition) is 0. The standard InChI is InChI=1S/C51H49NO/c1-49(2)25-26-50(3,4)48-42(49)16-10-17-45(48)52(37-21-19-34(20-22-37)40-14-9-12-33-11-5-6-13-39(33)40)38-23-24-47-44(31-38)51(41-15-7-8-18-46(41)53-47)36-28-32-27-35(30-36)43(51)29-32/h5-24,31-32,35-36,43H,25-30H2,1-4H3. The van der Waals surface area contributed by atoms with Gasteiger partial charge in [-0.1, -0.05) is 113 Å². The number of nitrogens with zero attached hydrogens (tertiary/aromatic N) is 1. The van der Waals surface area contributed by atoms with E-state index < -0.39 is 0 Å². The molecule has 1 spiro atoms. The molecular weight excluding hydrogens is 643 g/mol. The Morgan fingerprint density at radius 3 is 2.17 bits per heavy atom. The van der Waals surface area contributed by atoms with Crippen molar-refractivity contribution in [3.05, 3.63) is 150 Å². The van der Waals surface area contributed by atoms with Crippen LogP contribution in [0.2, 0.25) is 0 Å². The summed E-state index contributed by atoms with van der Waals surface area (Å²) in [6, 6.07) is 48.1. The summed E-state index contributed by atoms with van der Waals surface area (Å²) in [7, 11) is 0. The zero-order valence-corrected chi connectivity index (χ0v) is 31.5. The number of ether oxygens (including phenoxy) is 1. The van der Waals surface area contributed by atoms with Crippen molar-refractivity contribution in [2.75, 3.05) is 4.90 Å². The minimum atomic E-state index is 0.0130. The third kappa shape index (κ3) is 4.45. The van der Waals surface area contributed by atoms with E-state index in [0.717, 1.165) is 23.3 Å². The van der Waals surface area contributed by atoms with Crippen LogP contribution in [0.4, 0.5) is 17.1 Å². The average Bonchev–Trinajstić information content (AvgIpc) is 3.59. The molecule has 4 bridgehead atoms. The molecule has 1 aliphatic heterocycles. The lowest BCUT2D eigenvalue weighted by molar-refractivity contribution is 0.173. The number of anilines is 3. The van der Waals surface area contributed by atoms with Crippen LogP contribution in [0.5, 0.6) is 11.5 Å². The van der Waals surface area contributed by atoms with E-state index in [0.29, 0.717) is 11.8 Å². The van der Waals surface area contributed by atoms with Crippen molar-refractivity contribution in [2.45, 2.75) is 82.5 Å². The first-order valence-corrected chi connectivity index (χ1v) is 20.2. The van der Waals surface area contributed by atoms with Gasteiger partial charge in [0.25, 0.3) is 0 Å². The van der Waals surface area contributed by atoms with Crippen LogP contribution in [0.3, 0.4) is 0 Å². The van der Waals surface area contributed by atoms with E-state index in [2.05, 4.69) is 160 Å². The molecule has 0 radical (unpaired) electrons. The van der Waals surface area contributed by atoms with Gasteiger partial charge in [0.05, 0.1) is 5.69 Å². The quantitative estimate of drug-likeness (QED) is 0.182. The first-order chi connectivity index (χ1) is 25.7. The summed E-state index contributed by atoms with van der Waals surface area (Å²) >= 11 is 0. The fraction of sp³-hybridized carbons (Fsp3) is 0.333. The summed E-state index contributed by atoms with van der Waals surface area (Å²) in [6.07, 6.45) is 7.83. The van der Waals surface area contributed by atoms with Gasteiger partial charge in [-0.05, 0) is 149 Å². The monoisotopic (exact) mass is 691 g/mol. The van der Waals surface area contributed by atoms with Crippen molar-refractivity contribution >= 4 is 27.8 Å². The van der Waals surface area contributed by atoms with E-state index in [4.69, 9.17) is 4.74 Å². The van der Waals surface area contributed by atoms with E-state index >= 15 is 0 Å². The maximum Gasteiger partial charge on any atom is 0.131 e. The number of fused-ring (bicyclic) bond motifs is 4. The van der Waals surface area contributed by atoms with Gasteiger partial charge >= 0.3 is 0 Å². The molecule has 6 aromatic rings. The molecule has 4 fully saturated rings. The lowest BCUT2D eigenvalue weighted by atomic mass is 9.56. The molecule has 6 aliphatic rings. The average molecular weight is 692 g/mol. The molecule has 1 heterocycles. The van der Waals surface area contributed by atoms with Crippen molar-refractivity contribution in [1.82, 2.24) is 0 Å². The minimum Gasteiger partial charge on any atom is -0.457 e. The summed E-state index contributed by atoms with van der Waals surface area (Å²) in [6.45, 7) is 9.81. The van der Waals surface area contributed by atoms with Crippen LogP contribution in [0, 0.1) is 23.7 Å². The number of hydrogen-bond acceptors (Lipinski definition) is 2. The van der Waals surface area contributed by atoms with Crippen LogP contribution < -0.4 is 9.64 Å². The first kappa shape index (κ1) is 31.7. The largest absolute Gasteiger partial charge is 0.457 e. The molecule has 2 nitrogen and oxygen atoms in total. The molecule has 0 N–H and O–H groups in total. The molecule has 4 saturated carbocycles. The topological polar surface area (TPSA) is 12.5 Å². The third-order valence-corrected chi connectivity index (χ3v) is 14.7. The Labute approximate surface area is 314 Å². The van der Waals surface area contributed by atoms with Crippen molar-refractivity contribution < 1.29 is 4.74 Å². The molecule has 0 saturated heterocycles. The van der Waals surface area contributed by atoms with Gasteiger partial charge in [-0.25, -0.2) is 0 Å². The Balaban J connectivity index is 1.13. The van der Waals surface area contributed by atoms with Crippen molar-refractivity contribution in [3.63, 3.8) is 0 Å². The molecule has 264 valence electrons. The van der Waals surface area contributed by atoms with Gasteiger partial charge in [-0.15, -0.1) is 0 Å². The van der Waals surface area contributed by atoms with Gasteiger partial charge < -0.3 is 9.64 Å². The Bertz CT molecular complexity index is 2430. The van der Waals surface area contributed by atoms with Crippen LogP contribution in [0.1, 0.15) is 88.5 Å². The van der Waals surface area contributed by atoms with Gasteiger partial charge in [-0.3, -0.25) is 0 Å². The van der Waals surface area contributed by atoms with Crippen molar-refractivity contribution in [2.24, 2.45) is 23.7 Å². The van der Waals surface area contributed by atoms with E-state index in [-0.39, 0.29) is 16.2 Å². The van der Waals surface area contributed by atoms with Crippen LogP contribution in [0.25, 0.3) is 21.9 Å². The van der Waals surface area contributed by atoms with Gasteiger partial charge in [0, 0.05) is 27.9 Å². The van der Waals surface area contributed by atoms with Gasteiger partial charge in [0.1, 0.15) is 11.5 Å². The maximum absolute atomic E-state index is 6.86. The fourth-order valence-electron chi connectivity index (χ4n) is 12.4. The van der Waals surface area contributed by atoms with Crippen molar-refractivity contribution in [1.29, 1.82) is 0 Å². The highest BCUT2D eigenvalue weighted by Gasteiger charge is 2.65. The Hall–Kier alpha value is -4.82. The highest BCUT2D eigenvalue weighted by atomic mass is 16.5. The highest BCUT2D eigenvalue weighted by Crippen LogP contribution is 2.72. The molecule has 5 aliphatic carbocycles. The lowest BCUT2D eigenvalue weighted by Crippen LogP contribution is -2.44. The highest BCUT2D eigenvalue weighted by molar-refractivity contribution is 5.97.